The number of fused-ring (bicyclic) bond motifs is 4. The van der Waals surface area contributed by atoms with Crippen LogP contribution < -0.4 is 4.90 Å². The molecule has 2 fully saturated rings. The van der Waals surface area contributed by atoms with E-state index in [9.17, 15) is 15.8 Å². The fraction of sp³-hybridized carbons (Fsp3) is 0.429. The van der Waals surface area contributed by atoms with Crippen LogP contribution in [0.15, 0.2) is 35.9 Å². The van der Waals surface area contributed by atoms with Gasteiger partial charge in [-0.1, -0.05) is 23.7 Å². The Morgan fingerprint density at radius 2 is 1.78 bits per heavy atom. The van der Waals surface area contributed by atoms with Gasteiger partial charge in [-0.15, -0.1) is 0 Å². The summed E-state index contributed by atoms with van der Waals surface area (Å²) in [6, 6.07) is 14.4. The van der Waals surface area contributed by atoms with Crippen LogP contribution in [0.5, 0.6) is 0 Å². The molecule has 0 spiro atoms. The minimum Gasteiger partial charge on any atom is -0.329 e. The Morgan fingerprint density at radius 3 is 2.37 bits per heavy atom. The second-order valence-electron chi connectivity index (χ2n) is 7.75. The molecule has 2 N–H and O–H groups in total. The summed E-state index contributed by atoms with van der Waals surface area (Å²) in [7, 11) is 2.15. The van der Waals surface area contributed by atoms with Gasteiger partial charge < -0.3 is 10.3 Å². The highest BCUT2D eigenvalue weighted by molar-refractivity contribution is 6.30. The van der Waals surface area contributed by atoms with E-state index in [0.717, 1.165) is 24.0 Å². The first-order valence-corrected chi connectivity index (χ1v) is 9.48. The SMILES string of the molecule is C[NH+]1[C@H]2C=C3[C@@H]([C@@H](c4ccc(Cl)cc4)[C@@H](C#N)C(=N)C3(C#N)C#N)[C@@H]1CC2. The Labute approximate surface area is 163 Å². The van der Waals surface area contributed by atoms with Gasteiger partial charge in [-0.25, -0.2) is 0 Å². The molecular formula is C21H19ClN5+. The Kier molecular flexibility index (Phi) is 4.08. The molecular weight excluding hydrogens is 358 g/mol. The first-order valence-electron chi connectivity index (χ1n) is 9.10. The average molecular weight is 377 g/mol. The van der Waals surface area contributed by atoms with Crippen molar-refractivity contribution in [3.63, 3.8) is 0 Å². The molecule has 134 valence electrons. The van der Waals surface area contributed by atoms with E-state index in [1.54, 1.807) is 12.1 Å². The summed E-state index contributed by atoms with van der Waals surface area (Å²) in [4.78, 5) is 1.37. The van der Waals surface area contributed by atoms with Gasteiger partial charge in [-0.05, 0) is 29.3 Å². The summed E-state index contributed by atoms with van der Waals surface area (Å²) in [5.41, 5.74) is -0.0390. The van der Waals surface area contributed by atoms with Crippen molar-refractivity contribution in [1.29, 1.82) is 21.2 Å². The first kappa shape index (κ1) is 17.7. The van der Waals surface area contributed by atoms with Crippen LogP contribution in [0.2, 0.25) is 5.02 Å². The van der Waals surface area contributed by atoms with Gasteiger partial charge in [0, 0.05) is 29.7 Å². The van der Waals surface area contributed by atoms with Crippen LogP contribution in [0.1, 0.15) is 24.3 Å². The van der Waals surface area contributed by atoms with Crippen molar-refractivity contribution in [2.75, 3.05) is 7.05 Å². The standard InChI is InChI=1S/C21H18ClN5/c1-27-14-6-7-17(27)19-16(8-14)21(10-24,11-25)20(26)15(9-23)18(19)12-2-4-13(22)5-3-12/h2-5,8,14-15,17-19,26H,6-7H2,1H3/p+1/t14-,15-,17+,18+,19-/m1/s1. The van der Waals surface area contributed by atoms with E-state index in [0.29, 0.717) is 5.02 Å². The van der Waals surface area contributed by atoms with Crippen molar-refractivity contribution in [1.82, 2.24) is 0 Å². The lowest BCUT2D eigenvalue weighted by Gasteiger charge is -2.48. The third-order valence-corrected chi connectivity index (χ3v) is 7.01. The molecule has 2 aliphatic heterocycles. The zero-order valence-electron chi connectivity index (χ0n) is 14.9. The molecule has 1 aliphatic carbocycles. The summed E-state index contributed by atoms with van der Waals surface area (Å²) in [6.07, 6.45) is 4.05. The van der Waals surface area contributed by atoms with E-state index >= 15 is 0 Å². The fourth-order valence-corrected chi connectivity index (χ4v) is 5.54. The molecule has 6 heteroatoms. The number of nitrogens with zero attached hydrogens (tertiary/aromatic N) is 3. The molecule has 27 heavy (non-hydrogen) atoms. The second-order valence-corrected chi connectivity index (χ2v) is 8.19. The number of hydrogen-bond acceptors (Lipinski definition) is 4. The Balaban J connectivity index is 1.97. The predicted molar refractivity (Wildman–Crippen MR) is 100.0 cm³/mol. The van der Waals surface area contributed by atoms with Crippen LogP contribution in [0, 0.1) is 56.7 Å². The van der Waals surface area contributed by atoms with E-state index in [2.05, 4.69) is 31.3 Å². The van der Waals surface area contributed by atoms with Crippen molar-refractivity contribution in [3.05, 3.63) is 46.5 Å². The van der Waals surface area contributed by atoms with Crippen molar-refractivity contribution in [3.8, 4) is 18.2 Å². The largest absolute Gasteiger partial charge is 0.329 e. The molecule has 0 radical (unpaired) electrons. The Hall–Kier alpha value is -2.65. The zero-order chi connectivity index (χ0) is 19.3. The molecule has 1 aromatic rings. The van der Waals surface area contributed by atoms with Gasteiger partial charge in [0.25, 0.3) is 0 Å². The third kappa shape index (κ3) is 2.28. The van der Waals surface area contributed by atoms with Gasteiger partial charge in [0.05, 0.1) is 42.9 Å². The van der Waals surface area contributed by atoms with E-state index in [-0.39, 0.29) is 29.6 Å². The maximum absolute atomic E-state index is 9.93. The van der Waals surface area contributed by atoms with Crippen LogP contribution in [0.4, 0.5) is 0 Å². The summed E-state index contributed by atoms with van der Waals surface area (Å²) < 4.78 is 0. The Morgan fingerprint density at radius 1 is 1.11 bits per heavy atom. The van der Waals surface area contributed by atoms with Gasteiger partial charge in [0.2, 0.25) is 5.41 Å². The normalized spacial score (nSPS) is 36.0. The van der Waals surface area contributed by atoms with Crippen molar-refractivity contribution < 1.29 is 4.90 Å². The molecule has 6 atom stereocenters. The summed E-state index contributed by atoms with van der Waals surface area (Å²) >= 11 is 6.05. The number of quaternary nitrogens is 1. The number of likely N-dealkylation sites (N-methyl/N-ethyl adjacent to an activating group) is 1. The van der Waals surface area contributed by atoms with Crippen LogP contribution in [0.25, 0.3) is 0 Å². The molecule has 4 rings (SSSR count). The van der Waals surface area contributed by atoms with E-state index < -0.39 is 11.3 Å². The minimum absolute atomic E-state index is 0.0867. The van der Waals surface area contributed by atoms with E-state index in [1.807, 2.05) is 12.1 Å². The predicted octanol–water partition coefficient (Wildman–Crippen LogP) is 2.23. The quantitative estimate of drug-likeness (QED) is 0.735. The Bertz CT molecular complexity index is 944. The molecule has 5 nitrogen and oxygen atoms in total. The summed E-state index contributed by atoms with van der Waals surface area (Å²) in [5, 5.41) is 39.1. The van der Waals surface area contributed by atoms with Crippen LogP contribution in [-0.2, 0) is 0 Å². The minimum atomic E-state index is -1.63. The molecule has 1 saturated carbocycles. The van der Waals surface area contributed by atoms with Gasteiger partial charge in [-0.2, -0.15) is 15.8 Å². The molecule has 2 heterocycles. The molecule has 0 amide bonds. The smallest absolute Gasteiger partial charge is 0.203 e. The van der Waals surface area contributed by atoms with Gasteiger partial charge in [-0.3, -0.25) is 0 Å². The van der Waals surface area contributed by atoms with Gasteiger partial charge >= 0.3 is 0 Å². The number of nitrogens with one attached hydrogen (secondary N) is 2. The van der Waals surface area contributed by atoms with Gasteiger partial charge in [0.15, 0.2) is 0 Å². The lowest BCUT2D eigenvalue weighted by molar-refractivity contribution is -0.916. The summed E-state index contributed by atoms with van der Waals surface area (Å²) in [6.45, 7) is 0. The van der Waals surface area contributed by atoms with Crippen LogP contribution in [-0.4, -0.2) is 24.8 Å². The molecule has 2 bridgehead atoms. The third-order valence-electron chi connectivity index (χ3n) is 6.76. The average Bonchev–Trinajstić information content (AvgIpc) is 2.91. The van der Waals surface area contributed by atoms with E-state index in [4.69, 9.17) is 17.0 Å². The lowest BCUT2D eigenvalue weighted by Crippen LogP contribution is -3.15. The fourth-order valence-electron chi connectivity index (χ4n) is 5.41. The van der Waals surface area contributed by atoms with Crippen molar-refractivity contribution >= 4 is 17.3 Å². The maximum Gasteiger partial charge on any atom is 0.203 e. The van der Waals surface area contributed by atoms with Crippen LogP contribution in [0.3, 0.4) is 0 Å². The maximum atomic E-state index is 9.93. The number of nitriles is 3. The topological polar surface area (TPSA) is 99.7 Å². The number of hydrogen-bond donors (Lipinski definition) is 2. The molecule has 0 aromatic heterocycles. The number of benzene rings is 1. The number of rotatable bonds is 1. The summed E-state index contributed by atoms with van der Waals surface area (Å²) in [5.74, 6) is -1.17. The van der Waals surface area contributed by atoms with E-state index in [1.165, 1.54) is 4.90 Å². The first-order chi connectivity index (χ1) is 13.0. The monoisotopic (exact) mass is 376 g/mol. The molecule has 1 saturated heterocycles. The van der Waals surface area contributed by atoms with Crippen molar-refractivity contribution in [2.45, 2.75) is 30.8 Å². The molecule has 1 aromatic carbocycles. The van der Waals surface area contributed by atoms with Crippen molar-refractivity contribution in [2.24, 2.45) is 17.3 Å². The van der Waals surface area contributed by atoms with Crippen LogP contribution >= 0.6 is 11.6 Å². The lowest BCUT2D eigenvalue weighted by atomic mass is 9.54. The van der Waals surface area contributed by atoms with Gasteiger partial charge in [0.1, 0.15) is 6.04 Å². The highest BCUT2D eigenvalue weighted by atomic mass is 35.5. The highest BCUT2D eigenvalue weighted by Crippen LogP contribution is 2.54. The highest BCUT2D eigenvalue weighted by Gasteiger charge is 2.62. The zero-order valence-corrected chi connectivity index (χ0v) is 15.7. The molecule has 3 aliphatic rings. The second kappa shape index (κ2) is 6.21. The number of halogens is 1. The molecule has 1 unspecified atom stereocenters.